The van der Waals surface area contributed by atoms with Crippen LogP contribution < -0.4 is 0 Å². The van der Waals surface area contributed by atoms with Crippen molar-refractivity contribution in [3.63, 3.8) is 0 Å². The van der Waals surface area contributed by atoms with Crippen LogP contribution in [0.3, 0.4) is 0 Å². The number of hydrogen-bond acceptors (Lipinski definition) is 0. The Bertz CT molecular complexity index is 589. The minimum absolute atomic E-state index is 0. The van der Waals surface area contributed by atoms with Gasteiger partial charge in [-0.1, -0.05) is 59.7 Å². The van der Waals surface area contributed by atoms with Crippen molar-refractivity contribution < 1.29 is 26.2 Å². The second-order valence-corrected chi connectivity index (χ2v) is 4.71. The summed E-state index contributed by atoms with van der Waals surface area (Å²) in [5, 5.41) is 0. The van der Waals surface area contributed by atoms with Crippen molar-refractivity contribution in [2.24, 2.45) is 0 Å². The third-order valence-electron chi connectivity index (χ3n) is 3.21. The average molecular weight is 311 g/mol. The first-order valence-electron chi connectivity index (χ1n) is 5.97. The number of aryl methyl sites for hydroxylation is 2. The molecule has 1 aliphatic carbocycles. The zero-order valence-corrected chi connectivity index (χ0v) is 13.2. The Morgan fingerprint density at radius 2 is 1.50 bits per heavy atom. The number of fused-ring (bicyclic) bond motifs is 1. The van der Waals surface area contributed by atoms with E-state index in [9.17, 15) is 0 Å². The van der Waals surface area contributed by atoms with E-state index in [1.165, 1.54) is 33.4 Å². The van der Waals surface area contributed by atoms with Crippen LogP contribution in [0.15, 0.2) is 48.5 Å². The Labute approximate surface area is 128 Å². The molecule has 2 aromatic carbocycles. The molecule has 0 nitrogen and oxygen atoms in total. The average Bonchev–Trinajstić information content (AvgIpc) is 2.71. The first kappa shape index (κ1) is 13.5. The Kier molecular flexibility index (Phi) is 4.02. The molecule has 0 saturated carbocycles. The summed E-state index contributed by atoms with van der Waals surface area (Å²) in [5.41, 5.74) is 7.98. The van der Waals surface area contributed by atoms with Crippen molar-refractivity contribution in [2.45, 2.75) is 13.8 Å². The molecule has 0 N–H and O–H groups in total. The maximum absolute atomic E-state index is 2.26. The van der Waals surface area contributed by atoms with Gasteiger partial charge in [-0.15, -0.1) is 0 Å². The van der Waals surface area contributed by atoms with Gasteiger partial charge in [0.25, 0.3) is 0 Å². The molecule has 0 fully saturated rings. The first-order valence-corrected chi connectivity index (χ1v) is 5.97. The summed E-state index contributed by atoms with van der Waals surface area (Å²) in [7, 11) is 0. The van der Waals surface area contributed by atoms with Gasteiger partial charge in [0, 0.05) is 32.6 Å². The molecule has 0 unspecified atom stereocenters. The van der Waals surface area contributed by atoms with Crippen LogP contribution in [0.2, 0.25) is 0 Å². The van der Waals surface area contributed by atoms with Gasteiger partial charge in [0.1, 0.15) is 0 Å². The summed E-state index contributed by atoms with van der Waals surface area (Å²) in [6, 6.07) is 15.3. The molecule has 0 heterocycles. The standard InChI is InChI=1S/C17H15.Zr/c1-12-9-13(2)11-15(10-12)17-8-7-14-5-3-4-6-16(14)17;/h3-11H,1-2H3;. The molecule has 1 radical (unpaired) electrons. The van der Waals surface area contributed by atoms with E-state index in [0.717, 1.165) is 0 Å². The number of allylic oxidation sites excluding steroid dienone is 1. The van der Waals surface area contributed by atoms with E-state index >= 15 is 0 Å². The second-order valence-electron chi connectivity index (χ2n) is 4.71. The van der Waals surface area contributed by atoms with Crippen molar-refractivity contribution in [1.29, 1.82) is 0 Å². The summed E-state index contributed by atoms with van der Waals surface area (Å²) < 4.78 is 0. The number of hydrogen-bond donors (Lipinski definition) is 0. The van der Waals surface area contributed by atoms with Gasteiger partial charge in [0.15, 0.2) is 0 Å². The molecule has 0 amide bonds. The molecule has 87 valence electrons. The summed E-state index contributed by atoms with van der Waals surface area (Å²) in [6.07, 6.45) is 4.42. The van der Waals surface area contributed by atoms with Crippen LogP contribution in [0.25, 0.3) is 5.57 Å². The van der Waals surface area contributed by atoms with E-state index in [0.29, 0.717) is 0 Å². The number of benzene rings is 2. The predicted molar refractivity (Wildman–Crippen MR) is 72.8 cm³/mol. The monoisotopic (exact) mass is 309 g/mol. The molecule has 0 bridgehead atoms. The Hall–Kier alpha value is -0.937. The third-order valence-corrected chi connectivity index (χ3v) is 3.21. The minimum atomic E-state index is 0. The summed E-state index contributed by atoms with van der Waals surface area (Å²) in [5.74, 6) is 0. The molecule has 3 rings (SSSR count). The topological polar surface area (TPSA) is 0 Å². The van der Waals surface area contributed by atoms with Crippen molar-refractivity contribution in [1.82, 2.24) is 0 Å². The van der Waals surface area contributed by atoms with Crippen molar-refractivity contribution in [3.05, 3.63) is 82.8 Å². The third kappa shape index (κ3) is 2.42. The maximum Gasteiger partial charge on any atom is 0.0138 e. The minimum Gasteiger partial charge on any atom is -0.0676 e. The second kappa shape index (κ2) is 5.37. The fourth-order valence-electron chi connectivity index (χ4n) is 2.53. The van der Waals surface area contributed by atoms with E-state index < -0.39 is 0 Å². The van der Waals surface area contributed by atoms with E-state index in [1.807, 2.05) is 0 Å². The van der Waals surface area contributed by atoms with Gasteiger partial charge in [-0.2, -0.15) is 0 Å². The van der Waals surface area contributed by atoms with Crippen LogP contribution in [0.4, 0.5) is 0 Å². The van der Waals surface area contributed by atoms with E-state index in [1.54, 1.807) is 0 Å². The van der Waals surface area contributed by atoms with Crippen molar-refractivity contribution in [2.75, 3.05) is 0 Å². The zero-order chi connectivity index (χ0) is 11.8. The summed E-state index contributed by atoms with van der Waals surface area (Å²) >= 11 is 0. The van der Waals surface area contributed by atoms with Gasteiger partial charge in [0.05, 0.1) is 0 Å². The van der Waals surface area contributed by atoms with Crippen LogP contribution >= 0.6 is 0 Å². The zero-order valence-electron chi connectivity index (χ0n) is 10.7. The Morgan fingerprint density at radius 3 is 2.22 bits per heavy atom. The van der Waals surface area contributed by atoms with E-state index in [-0.39, 0.29) is 26.2 Å². The van der Waals surface area contributed by atoms with Gasteiger partial charge in [0.2, 0.25) is 0 Å². The molecule has 1 aliphatic rings. The SMILES string of the molecule is Cc1cc(C)cc(C2=C[CH]c3ccccc32)c1.[Zr]. The molecule has 18 heavy (non-hydrogen) atoms. The largest absolute Gasteiger partial charge is 0.0676 e. The first-order chi connectivity index (χ1) is 8.24. The molecule has 0 aromatic heterocycles. The summed E-state index contributed by atoms with van der Waals surface area (Å²) in [4.78, 5) is 0. The van der Waals surface area contributed by atoms with E-state index in [4.69, 9.17) is 0 Å². The van der Waals surface area contributed by atoms with Crippen molar-refractivity contribution in [3.8, 4) is 0 Å². The van der Waals surface area contributed by atoms with Crippen LogP contribution in [0.5, 0.6) is 0 Å². The number of rotatable bonds is 1. The molecule has 0 saturated heterocycles. The maximum atomic E-state index is 2.26. The fraction of sp³-hybridized carbons (Fsp3) is 0.118. The van der Waals surface area contributed by atoms with Gasteiger partial charge >= 0.3 is 0 Å². The molecule has 1 heteroatoms. The van der Waals surface area contributed by atoms with Crippen LogP contribution in [0.1, 0.15) is 27.8 Å². The van der Waals surface area contributed by atoms with Crippen molar-refractivity contribution >= 4 is 5.57 Å². The van der Waals surface area contributed by atoms with Gasteiger partial charge in [-0.25, -0.2) is 0 Å². The molecule has 0 aliphatic heterocycles. The fourth-order valence-corrected chi connectivity index (χ4v) is 2.53. The van der Waals surface area contributed by atoms with Crippen LogP contribution in [0, 0.1) is 20.3 Å². The summed E-state index contributed by atoms with van der Waals surface area (Å²) in [6.45, 7) is 4.31. The Morgan fingerprint density at radius 1 is 0.833 bits per heavy atom. The molecule has 0 spiro atoms. The van der Waals surface area contributed by atoms with Crippen LogP contribution in [-0.4, -0.2) is 0 Å². The normalized spacial score (nSPS) is 12.7. The predicted octanol–water partition coefficient (Wildman–Crippen LogP) is 4.30. The van der Waals surface area contributed by atoms with Gasteiger partial charge in [-0.3, -0.25) is 0 Å². The smallest absolute Gasteiger partial charge is 0.0138 e. The molecular weight excluding hydrogens is 295 g/mol. The quantitative estimate of drug-likeness (QED) is 0.737. The molecular formula is C17H15Zr. The van der Waals surface area contributed by atoms with E-state index in [2.05, 4.69) is 68.8 Å². The van der Waals surface area contributed by atoms with Gasteiger partial charge < -0.3 is 0 Å². The van der Waals surface area contributed by atoms with Gasteiger partial charge in [-0.05, 0) is 36.1 Å². The molecule has 0 atom stereocenters. The molecule has 2 aromatic rings. The Balaban J connectivity index is 0.00000120. The van der Waals surface area contributed by atoms with Crippen LogP contribution in [-0.2, 0) is 26.2 Å².